The van der Waals surface area contributed by atoms with Gasteiger partial charge in [0.05, 0.1) is 0 Å². The number of aliphatic carboxylic acids is 1. The quantitative estimate of drug-likeness (QED) is 0.803. The zero-order valence-corrected chi connectivity index (χ0v) is 12.4. The molecule has 6 nitrogen and oxygen atoms in total. The zero-order valence-electron chi connectivity index (χ0n) is 11.6. The molecule has 0 aromatic heterocycles. The third kappa shape index (κ3) is 4.25. The first-order valence-corrected chi connectivity index (χ1v) is 7.93. The van der Waals surface area contributed by atoms with Crippen LogP contribution in [0.2, 0.25) is 0 Å². The van der Waals surface area contributed by atoms with Crippen LogP contribution in [0.15, 0.2) is 24.3 Å². The number of benzene rings is 1. The number of amides is 1. The van der Waals surface area contributed by atoms with Crippen LogP contribution in [-0.2, 0) is 25.0 Å². The lowest BCUT2D eigenvalue weighted by Crippen LogP contribution is -2.51. The summed E-state index contributed by atoms with van der Waals surface area (Å²) in [6.45, 7) is 2.60. The van der Waals surface area contributed by atoms with Gasteiger partial charge in [-0.25, -0.2) is 17.6 Å². The molecule has 0 bridgehead atoms. The monoisotopic (exact) mass is 317 g/mol. The number of carboxylic acid groups (broad SMARTS) is 1. The molecule has 1 atom stereocenters. The largest absolute Gasteiger partial charge is 0.479 e. The lowest BCUT2D eigenvalue weighted by atomic mass is 9.92. The van der Waals surface area contributed by atoms with Crippen molar-refractivity contribution in [3.63, 3.8) is 0 Å². The molecule has 0 aliphatic rings. The maximum atomic E-state index is 12.9. The second-order valence-electron chi connectivity index (χ2n) is 4.66. The van der Waals surface area contributed by atoms with E-state index in [4.69, 9.17) is 0 Å². The highest BCUT2D eigenvalue weighted by Gasteiger charge is 2.37. The number of carbonyl (C=O) groups excluding carboxylic acids is 1. The topological polar surface area (TPSA) is 101 Å². The van der Waals surface area contributed by atoms with Crippen LogP contribution in [0.3, 0.4) is 0 Å². The van der Waals surface area contributed by atoms with Crippen molar-refractivity contribution in [2.75, 3.05) is 11.5 Å². The molecule has 0 spiro atoms. The highest BCUT2D eigenvalue weighted by atomic mass is 32.2. The second-order valence-corrected chi connectivity index (χ2v) is 7.01. The smallest absolute Gasteiger partial charge is 0.333 e. The maximum Gasteiger partial charge on any atom is 0.333 e. The Morgan fingerprint density at radius 3 is 2.24 bits per heavy atom. The molecule has 116 valence electrons. The van der Waals surface area contributed by atoms with E-state index in [2.05, 4.69) is 5.32 Å². The zero-order chi connectivity index (χ0) is 16.3. The van der Waals surface area contributed by atoms with Gasteiger partial charge in [-0.15, -0.1) is 0 Å². The molecule has 0 saturated heterocycles. The standard InChI is InChI=1S/C13H16FNO5S/c1-3-21(19,20)8-11(16)15-13(2,12(17)18)9-4-6-10(14)7-5-9/h4-7H,3,8H2,1-2H3,(H,15,16)(H,17,18). The number of hydrogen-bond donors (Lipinski definition) is 2. The highest BCUT2D eigenvalue weighted by Crippen LogP contribution is 2.21. The SMILES string of the molecule is CCS(=O)(=O)CC(=O)NC(C)(C(=O)O)c1ccc(F)cc1. The van der Waals surface area contributed by atoms with Crippen LogP contribution >= 0.6 is 0 Å². The Morgan fingerprint density at radius 2 is 1.81 bits per heavy atom. The molecule has 0 fully saturated rings. The molecule has 1 unspecified atom stereocenters. The molecule has 1 rings (SSSR count). The molecule has 0 saturated carbocycles. The molecule has 0 heterocycles. The van der Waals surface area contributed by atoms with Gasteiger partial charge in [-0.05, 0) is 24.6 Å². The summed E-state index contributed by atoms with van der Waals surface area (Å²) in [6.07, 6.45) is 0. The molecule has 2 N–H and O–H groups in total. The van der Waals surface area contributed by atoms with E-state index in [1.165, 1.54) is 26.0 Å². The number of sulfone groups is 1. The minimum Gasteiger partial charge on any atom is -0.479 e. The van der Waals surface area contributed by atoms with E-state index >= 15 is 0 Å². The number of hydrogen-bond acceptors (Lipinski definition) is 4. The van der Waals surface area contributed by atoms with E-state index in [1.807, 2.05) is 0 Å². The molecule has 8 heteroatoms. The van der Waals surface area contributed by atoms with Gasteiger partial charge in [0.15, 0.2) is 15.4 Å². The van der Waals surface area contributed by atoms with Crippen molar-refractivity contribution in [2.45, 2.75) is 19.4 Å². The van der Waals surface area contributed by atoms with Crippen molar-refractivity contribution < 1.29 is 27.5 Å². The lowest BCUT2D eigenvalue weighted by Gasteiger charge is -2.26. The van der Waals surface area contributed by atoms with Crippen LogP contribution in [0, 0.1) is 5.82 Å². The Morgan fingerprint density at radius 1 is 1.29 bits per heavy atom. The molecular weight excluding hydrogens is 301 g/mol. The number of nitrogens with one attached hydrogen (secondary N) is 1. The van der Waals surface area contributed by atoms with Crippen molar-refractivity contribution in [1.29, 1.82) is 0 Å². The first-order valence-electron chi connectivity index (χ1n) is 6.11. The Hall–Kier alpha value is -1.96. The van der Waals surface area contributed by atoms with Crippen molar-refractivity contribution in [3.05, 3.63) is 35.6 Å². The number of carboxylic acids is 1. The summed E-state index contributed by atoms with van der Waals surface area (Å²) in [4.78, 5) is 23.2. The van der Waals surface area contributed by atoms with E-state index in [1.54, 1.807) is 0 Å². The van der Waals surface area contributed by atoms with E-state index in [9.17, 15) is 27.5 Å². The van der Waals surface area contributed by atoms with E-state index in [0.29, 0.717) is 0 Å². The predicted molar refractivity (Wildman–Crippen MR) is 73.9 cm³/mol. The van der Waals surface area contributed by atoms with Crippen LogP contribution in [0.25, 0.3) is 0 Å². The van der Waals surface area contributed by atoms with Gasteiger partial charge in [0.2, 0.25) is 5.91 Å². The van der Waals surface area contributed by atoms with Gasteiger partial charge in [-0.3, -0.25) is 4.79 Å². The summed E-state index contributed by atoms with van der Waals surface area (Å²) in [5.41, 5.74) is -1.70. The molecule has 0 aliphatic carbocycles. The predicted octanol–water partition coefficient (Wildman–Crippen LogP) is 0.676. The third-order valence-electron chi connectivity index (χ3n) is 3.03. The first kappa shape index (κ1) is 17.1. The van der Waals surface area contributed by atoms with Gasteiger partial charge >= 0.3 is 5.97 Å². The molecular formula is C13H16FNO5S. The summed E-state index contributed by atoms with van der Waals surface area (Å²) >= 11 is 0. The Bertz CT molecular complexity index is 641. The Kier molecular flexibility index (Phi) is 5.06. The van der Waals surface area contributed by atoms with E-state index in [-0.39, 0.29) is 11.3 Å². The lowest BCUT2D eigenvalue weighted by molar-refractivity contribution is -0.147. The van der Waals surface area contributed by atoms with Gasteiger partial charge in [-0.2, -0.15) is 0 Å². The van der Waals surface area contributed by atoms with Gasteiger partial charge in [0, 0.05) is 5.75 Å². The van der Waals surface area contributed by atoms with Crippen LogP contribution in [0.1, 0.15) is 19.4 Å². The van der Waals surface area contributed by atoms with Crippen LogP contribution in [0.4, 0.5) is 4.39 Å². The number of rotatable bonds is 6. The second kappa shape index (κ2) is 6.21. The van der Waals surface area contributed by atoms with Crippen molar-refractivity contribution in [2.24, 2.45) is 0 Å². The summed E-state index contributed by atoms with van der Waals surface area (Å²) < 4.78 is 35.7. The Balaban J connectivity index is 3.05. The summed E-state index contributed by atoms with van der Waals surface area (Å²) in [6, 6.07) is 4.56. The summed E-state index contributed by atoms with van der Waals surface area (Å²) in [5.74, 6) is -3.87. The van der Waals surface area contributed by atoms with Gasteiger partial charge in [-0.1, -0.05) is 19.1 Å². The number of halogens is 1. The summed E-state index contributed by atoms with van der Waals surface area (Å²) in [7, 11) is -3.57. The minimum atomic E-state index is -3.57. The maximum absolute atomic E-state index is 12.9. The molecule has 1 aromatic rings. The fourth-order valence-corrected chi connectivity index (χ4v) is 2.32. The van der Waals surface area contributed by atoms with E-state index < -0.39 is 38.8 Å². The highest BCUT2D eigenvalue weighted by molar-refractivity contribution is 7.92. The average Bonchev–Trinajstić information content (AvgIpc) is 2.38. The van der Waals surface area contributed by atoms with Crippen LogP contribution in [0.5, 0.6) is 0 Å². The third-order valence-corrected chi connectivity index (χ3v) is 4.61. The van der Waals surface area contributed by atoms with E-state index in [0.717, 1.165) is 12.1 Å². The fourth-order valence-electron chi connectivity index (χ4n) is 1.65. The molecule has 1 aromatic carbocycles. The number of carbonyl (C=O) groups is 2. The minimum absolute atomic E-state index is 0.138. The molecule has 0 aliphatic heterocycles. The fraction of sp³-hybridized carbons (Fsp3) is 0.385. The normalized spacial score (nSPS) is 14.2. The van der Waals surface area contributed by atoms with Crippen LogP contribution < -0.4 is 5.32 Å². The first-order chi connectivity index (χ1) is 9.60. The molecule has 21 heavy (non-hydrogen) atoms. The summed E-state index contributed by atoms with van der Waals surface area (Å²) in [5, 5.41) is 11.5. The molecule has 1 amide bonds. The average molecular weight is 317 g/mol. The molecule has 0 radical (unpaired) electrons. The Labute approximate surface area is 121 Å². The van der Waals surface area contributed by atoms with Gasteiger partial charge in [0.1, 0.15) is 11.6 Å². The van der Waals surface area contributed by atoms with Crippen molar-refractivity contribution >= 4 is 21.7 Å². The van der Waals surface area contributed by atoms with Crippen LogP contribution in [-0.4, -0.2) is 36.9 Å². The van der Waals surface area contributed by atoms with Crippen molar-refractivity contribution in [1.82, 2.24) is 5.32 Å². The van der Waals surface area contributed by atoms with Gasteiger partial charge < -0.3 is 10.4 Å². The van der Waals surface area contributed by atoms with Crippen molar-refractivity contribution in [3.8, 4) is 0 Å². The van der Waals surface area contributed by atoms with Gasteiger partial charge in [0.25, 0.3) is 0 Å².